The standard InChI is InChI=1S/C21H29N3O3.C6H8O7/c1-4-21-22-11-16(12-23-21)13-24(15-19-6-5-9-27-19)14-17-7-8-18(25-2)10-20(17)26-3;7-3(8)1-6(13,5(11)12)2-4(9)10/h7-8,10-12,19H,4-6,9,13-15H2,1-3H3;13H,1-2H2,(H,7,8)(H,9,10)(H,11,12). The van der Waals surface area contributed by atoms with E-state index in [-0.39, 0.29) is 6.10 Å². The summed E-state index contributed by atoms with van der Waals surface area (Å²) in [5, 5.41) is 33.8. The van der Waals surface area contributed by atoms with E-state index in [9.17, 15) is 14.4 Å². The Bertz CT molecular complexity index is 1100. The van der Waals surface area contributed by atoms with Crippen molar-refractivity contribution in [3.63, 3.8) is 0 Å². The SMILES string of the molecule is CCc1ncc(CN(Cc2ccc(OC)cc2OC)CC2CCCO2)cn1.O=C(O)CC(O)(CC(=O)O)C(=O)O. The lowest BCUT2D eigenvalue weighted by molar-refractivity contribution is -0.170. The van der Waals surface area contributed by atoms with E-state index in [1.165, 1.54) is 0 Å². The summed E-state index contributed by atoms with van der Waals surface area (Å²) in [4.78, 5) is 41.7. The van der Waals surface area contributed by atoms with E-state index in [0.717, 1.165) is 74.0 Å². The van der Waals surface area contributed by atoms with Gasteiger partial charge in [0, 0.05) is 62.2 Å². The van der Waals surface area contributed by atoms with E-state index in [0.29, 0.717) is 0 Å². The van der Waals surface area contributed by atoms with E-state index >= 15 is 0 Å². The van der Waals surface area contributed by atoms with Gasteiger partial charge in [-0.3, -0.25) is 14.5 Å². The largest absolute Gasteiger partial charge is 0.497 e. The summed E-state index contributed by atoms with van der Waals surface area (Å²) in [6.45, 7) is 5.35. The fourth-order valence-electron chi connectivity index (χ4n) is 4.10. The molecular formula is C27H37N3O10. The number of aromatic nitrogens is 2. The second-order valence-corrected chi connectivity index (χ2v) is 9.32. The van der Waals surface area contributed by atoms with Crippen molar-refractivity contribution in [2.45, 2.75) is 63.8 Å². The van der Waals surface area contributed by atoms with Gasteiger partial charge in [0.25, 0.3) is 0 Å². The maximum Gasteiger partial charge on any atom is 0.336 e. The zero-order valence-corrected chi connectivity index (χ0v) is 22.9. The average molecular weight is 564 g/mol. The highest BCUT2D eigenvalue weighted by Crippen LogP contribution is 2.27. The summed E-state index contributed by atoms with van der Waals surface area (Å²) >= 11 is 0. The van der Waals surface area contributed by atoms with Gasteiger partial charge >= 0.3 is 17.9 Å². The number of nitrogens with zero attached hydrogens (tertiary/aromatic N) is 3. The highest BCUT2D eigenvalue weighted by molar-refractivity contribution is 5.88. The van der Waals surface area contributed by atoms with Gasteiger partial charge in [-0.15, -0.1) is 0 Å². The molecule has 1 fully saturated rings. The van der Waals surface area contributed by atoms with Crippen LogP contribution >= 0.6 is 0 Å². The Labute approximate surface area is 232 Å². The maximum atomic E-state index is 10.3. The Morgan fingerprint density at radius 2 is 1.70 bits per heavy atom. The monoisotopic (exact) mass is 563 g/mol. The van der Waals surface area contributed by atoms with E-state index < -0.39 is 36.4 Å². The summed E-state index contributed by atoms with van der Waals surface area (Å²) in [5.41, 5.74) is -0.502. The lowest BCUT2D eigenvalue weighted by atomic mass is 9.96. The Hall–Kier alpha value is -3.81. The van der Waals surface area contributed by atoms with Crippen molar-refractivity contribution in [2.75, 3.05) is 27.4 Å². The highest BCUT2D eigenvalue weighted by Gasteiger charge is 2.40. The fraction of sp³-hybridized carbons (Fsp3) is 0.519. The molecule has 0 aliphatic carbocycles. The van der Waals surface area contributed by atoms with Crippen molar-refractivity contribution < 1.29 is 49.0 Å². The number of hydrogen-bond donors (Lipinski definition) is 4. The van der Waals surface area contributed by atoms with Gasteiger partial charge in [0.1, 0.15) is 17.3 Å². The number of aryl methyl sites for hydroxylation is 1. The third-order valence-corrected chi connectivity index (χ3v) is 6.14. The van der Waals surface area contributed by atoms with Crippen LogP contribution in [-0.4, -0.2) is 92.3 Å². The van der Waals surface area contributed by atoms with Crippen LogP contribution in [0.1, 0.15) is 49.6 Å². The number of rotatable bonds is 14. The number of benzene rings is 1. The predicted octanol–water partition coefficient (Wildman–Crippen LogP) is 1.99. The Balaban J connectivity index is 0.000000366. The number of carbonyl (C=O) groups is 3. The van der Waals surface area contributed by atoms with E-state index in [4.69, 9.17) is 34.6 Å². The summed E-state index contributed by atoms with van der Waals surface area (Å²) in [6.07, 6.45) is 4.95. The van der Waals surface area contributed by atoms with Crippen molar-refractivity contribution in [2.24, 2.45) is 0 Å². The van der Waals surface area contributed by atoms with Crippen LogP contribution in [-0.2, 0) is 38.6 Å². The molecule has 0 amide bonds. The second-order valence-electron chi connectivity index (χ2n) is 9.32. The first-order valence-corrected chi connectivity index (χ1v) is 12.7. The molecule has 13 nitrogen and oxygen atoms in total. The third-order valence-electron chi connectivity index (χ3n) is 6.14. The highest BCUT2D eigenvalue weighted by atomic mass is 16.5. The molecule has 40 heavy (non-hydrogen) atoms. The molecule has 1 aliphatic rings. The molecule has 4 N–H and O–H groups in total. The average Bonchev–Trinajstić information content (AvgIpc) is 3.41. The van der Waals surface area contributed by atoms with Gasteiger partial charge in [-0.2, -0.15) is 0 Å². The summed E-state index contributed by atoms with van der Waals surface area (Å²) in [5.74, 6) is -2.51. The van der Waals surface area contributed by atoms with Crippen molar-refractivity contribution in [3.8, 4) is 11.5 Å². The van der Waals surface area contributed by atoms with Crippen LogP contribution < -0.4 is 9.47 Å². The van der Waals surface area contributed by atoms with Gasteiger partial charge < -0.3 is 34.6 Å². The minimum atomic E-state index is -2.74. The number of methoxy groups -OCH3 is 2. The lowest BCUT2D eigenvalue weighted by Gasteiger charge is -2.26. The molecule has 0 spiro atoms. The van der Waals surface area contributed by atoms with Crippen molar-refractivity contribution in [3.05, 3.63) is 47.5 Å². The van der Waals surface area contributed by atoms with Crippen LogP contribution in [0, 0.1) is 0 Å². The molecule has 1 aromatic heterocycles. The molecule has 1 saturated heterocycles. The number of carboxylic acids is 3. The van der Waals surface area contributed by atoms with Crippen molar-refractivity contribution >= 4 is 17.9 Å². The normalized spacial score (nSPS) is 14.8. The molecule has 13 heteroatoms. The Morgan fingerprint density at radius 1 is 1.05 bits per heavy atom. The molecular weight excluding hydrogens is 526 g/mol. The second kappa shape index (κ2) is 15.7. The third kappa shape index (κ3) is 10.4. The van der Waals surface area contributed by atoms with Crippen LogP contribution in [0.15, 0.2) is 30.6 Å². The number of aliphatic hydroxyl groups is 1. The number of aliphatic carboxylic acids is 3. The van der Waals surface area contributed by atoms with Crippen LogP contribution in [0.4, 0.5) is 0 Å². The first-order chi connectivity index (χ1) is 19.0. The predicted molar refractivity (Wildman–Crippen MR) is 141 cm³/mol. The zero-order chi connectivity index (χ0) is 29.7. The molecule has 2 heterocycles. The van der Waals surface area contributed by atoms with Crippen LogP contribution in [0.3, 0.4) is 0 Å². The summed E-state index contributed by atoms with van der Waals surface area (Å²) in [7, 11) is 3.36. The minimum Gasteiger partial charge on any atom is -0.497 e. The van der Waals surface area contributed by atoms with Gasteiger partial charge in [-0.1, -0.05) is 13.0 Å². The van der Waals surface area contributed by atoms with Gasteiger partial charge in [-0.05, 0) is 18.9 Å². The molecule has 1 atom stereocenters. The minimum absolute atomic E-state index is 0.282. The van der Waals surface area contributed by atoms with Gasteiger partial charge in [0.15, 0.2) is 5.60 Å². The number of carboxylic acid groups (broad SMARTS) is 3. The van der Waals surface area contributed by atoms with Crippen LogP contribution in [0.5, 0.6) is 11.5 Å². The maximum absolute atomic E-state index is 10.3. The Morgan fingerprint density at radius 3 is 2.17 bits per heavy atom. The first kappa shape index (κ1) is 32.4. The summed E-state index contributed by atoms with van der Waals surface area (Å²) in [6, 6.07) is 5.97. The molecule has 3 rings (SSSR count). The van der Waals surface area contributed by atoms with E-state index in [1.807, 2.05) is 24.5 Å². The first-order valence-electron chi connectivity index (χ1n) is 12.7. The Kier molecular flexibility index (Phi) is 12.7. The molecule has 220 valence electrons. The zero-order valence-electron chi connectivity index (χ0n) is 22.9. The molecule has 0 radical (unpaired) electrons. The molecule has 1 aromatic carbocycles. The molecule has 0 bridgehead atoms. The molecule has 2 aromatic rings. The smallest absolute Gasteiger partial charge is 0.336 e. The molecule has 1 aliphatic heterocycles. The van der Waals surface area contributed by atoms with Crippen molar-refractivity contribution in [1.29, 1.82) is 0 Å². The molecule has 0 saturated carbocycles. The lowest BCUT2D eigenvalue weighted by Crippen LogP contribution is -2.42. The van der Waals surface area contributed by atoms with Crippen molar-refractivity contribution in [1.82, 2.24) is 14.9 Å². The van der Waals surface area contributed by atoms with Gasteiger partial charge in [0.2, 0.25) is 0 Å². The summed E-state index contributed by atoms with van der Waals surface area (Å²) < 4.78 is 16.8. The quantitative estimate of drug-likeness (QED) is 0.261. The van der Waals surface area contributed by atoms with Crippen LogP contribution in [0.2, 0.25) is 0 Å². The van der Waals surface area contributed by atoms with E-state index in [2.05, 4.69) is 27.9 Å². The van der Waals surface area contributed by atoms with Gasteiger partial charge in [0.05, 0.1) is 33.2 Å². The van der Waals surface area contributed by atoms with Crippen LogP contribution in [0.25, 0.3) is 0 Å². The number of hydrogen-bond acceptors (Lipinski definition) is 10. The number of ether oxygens (including phenoxy) is 3. The molecule has 1 unspecified atom stereocenters. The fourth-order valence-corrected chi connectivity index (χ4v) is 4.10. The van der Waals surface area contributed by atoms with Gasteiger partial charge in [-0.25, -0.2) is 14.8 Å². The van der Waals surface area contributed by atoms with E-state index in [1.54, 1.807) is 14.2 Å². The topological polar surface area (TPSA) is 189 Å².